The molecule has 0 aliphatic carbocycles. The van der Waals surface area contributed by atoms with Crippen molar-refractivity contribution < 1.29 is 25.9 Å². The predicted molar refractivity (Wildman–Crippen MR) is 313 cm³/mol. The van der Waals surface area contributed by atoms with E-state index in [0.29, 0.717) is 11.8 Å². The van der Waals surface area contributed by atoms with Crippen molar-refractivity contribution in [2.24, 2.45) is 0 Å². The Bertz CT molecular complexity index is 3830. The first kappa shape index (κ1) is 50.8. The quantitative estimate of drug-likeness (QED) is 0.107. The smallest absolute Gasteiger partial charge is 0.120 e. The van der Waals surface area contributed by atoms with Crippen LogP contribution < -0.4 is 5.19 Å². The maximum Gasteiger partial charge on any atom is 0.120 e. The molecule has 3 aromatic heterocycles. The molecule has 1 radical (unpaired) electrons. The first-order valence-electron chi connectivity index (χ1n) is 26.4. The number of hydrogen-bond donors (Lipinski definition) is 0. The summed E-state index contributed by atoms with van der Waals surface area (Å²) in [5.74, 6) is 0.823. The average molecular weight is 1160 g/mol. The normalized spacial score (nSPS) is 12.4. The minimum atomic E-state index is -1.56. The van der Waals surface area contributed by atoms with Crippen molar-refractivity contribution in [1.29, 1.82) is 0 Å². The van der Waals surface area contributed by atoms with Crippen LogP contribution in [0.4, 0.5) is 0 Å². The molecule has 0 saturated heterocycles. The van der Waals surface area contributed by atoms with Gasteiger partial charge in [0, 0.05) is 38.7 Å². The molecule has 375 valence electrons. The second-order valence-electron chi connectivity index (χ2n) is 22.5. The Balaban J connectivity index is 0.000000232. The third kappa shape index (κ3) is 10.1. The first-order chi connectivity index (χ1) is 35.3. The van der Waals surface area contributed by atoms with Crippen molar-refractivity contribution >= 4 is 57.0 Å². The standard InChI is InChI=1S/C47H43N2O.C21H24NSi.Ir/c1-29(2)38-27-35(47(5,6)7)28-39(30(3)4)44(38)49-42-22-12-11-21-41(42)48-46(49)37-20-14-19-36-40-26-34(23-24-43(40)50-45(36)37)33-18-13-17-32(25-33)31-15-9-8-10-16-31;1-15(2)19-13-20(22-14-21(19)23(3,4)5)18-12-8-10-16-9-6-7-11-17(16)18;/h8-19,21-30H,1-7H3;6-11,13-15H,1-5H3;/q2*-1;/i;15D;. The number of hydrogen-bond acceptors (Lipinski definition) is 3. The topological polar surface area (TPSA) is 43.9 Å². The molecule has 11 rings (SSSR count). The van der Waals surface area contributed by atoms with E-state index in [1.54, 1.807) is 0 Å². The number of rotatable bonds is 9. The summed E-state index contributed by atoms with van der Waals surface area (Å²) in [5, 5.41) is 5.76. The molecular weight excluding hydrogens is 1100 g/mol. The van der Waals surface area contributed by atoms with E-state index in [4.69, 9.17) is 15.8 Å². The number of pyridine rings is 1. The Morgan fingerprint density at radius 3 is 1.91 bits per heavy atom. The van der Waals surface area contributed by atoms with Crippen LogP contribution in [-0.2, 0) is 25.5 Å². The molecule has 0 atom stereocenters. The maximum atomic E-state index is 8.60. The van der Waals surface area contributed by atoms with Crippen molar-refractivity contribution in [3.63, 3.8) is 0 Å². The fourth-order valence-corrected chi connectivity index (χ4v) is 11.8. The molecule has 0 unspecified atom stereocenters. The van der Waals surface area contributed by atoms with Crippen LogP contribution >= 0.6 is 0 Å². The number of nitrogens with zero attached hydrogens (tertiary/aromatic N) is 3. The third-order valence-corrected chi connectivity index (χ3v) is 16.3. The summed E-state index contributed by atoms with van der Waals surface area (Å²) >= 11 is 0. The van der Waals surface area contributed by atoms with Gasteiger partial charge < -0.3 is 14.0 Å². The molecule has 0 spiro atoms. The molecule has 8 aromatic carbocycles. The van der Waals surface area contributed by atoms with Gasteiger partial charge >= 0.3 is 0 Å². The van der Waals surface area contributed by atoms with Crippen molar-refractivity contribution in [2.75, 3.05) is 0 Å². The molecule has 0 bridgehead atoms. The van der Waals surface area contributed by atoms with Crippen LogP contribution in [0.1, 0.15) is 104 Å². The van der Waals surface area contributed by atoms with E-state index in [2.05, 4.69) is 224 Å². The van der Waals surface area contributed by atoms with E-state index in [-0.39, 0.29) is 25.5 Å². The van der Waals surface area contributed by atoms with Gasteiger partial charge in [-0.2, -0.15) is 0 Å². The molecule has 0 aliphatic heterocycles. The summed E-state index contributed by atoms with van der Waals surface area (Å²) < 4.78 is 17.7. The molecule has 0 N–H and O–H groups in total. The number of benzene rings is 8. The Morgan fingerprint density at radius 1 is 0.595 bits per heavy atom. The predicted octanol–water partition coefficient (Wildman–Crippen LogP) is 18.6. The number of imidazole rings is 1. The molecule has 11 aromatic rings. The van der Waals surface area contributed by atoms with Gasteiger partial charge in [0.1, 0.15) is 5.58 Å². The maximum absolute atomic E-state index is 8.60. The molecular formula is C68H67IrN3OSi-2. The van der Waals surface area contributed by atoms with Gasteiger partial charge in [0.15, 0.2) is 0 Å². The monoisotopic (exact) mass is 1160 g/mol. The van der Waals surface area contributed by atoms with E-state index in [0.717, 1.165) is 72.1 Å². The SMILES string of the molecule is CC(C)c1cc(C(C)(C)C)cc(C(C)C)c1-n1c(-c2[c-]ccc3c2oc2ccc(-c4cccc(-c5ccccc5)c4)cc23)nc2ccccc21.[2H]C(C)(C)c1cc(-c2[c-]ccc3ccccc23)ncc1[Si](C)(C)C.[Ir]. The minimum absolute atomic E-state index is 0. The van der Waals surface area contributed by atoms with Crippen LogP contribution in [0.3, 0.4) is 0 Å². The van der Waals surface area contributed by atoms with Crippen LogP contribution in [0.5, 0.6) is 0 Å². The van der Waals surface area contributed by atoms with E-state index in [1.165, 1.54) is 49.6 Å². The fourth-order valence-electron chi connectivity index (χ4n) is 10.2. The van der Waals surface area contributed by atoms with Gasteiger partial charge in [-0.1, -0.05) is 213 Å². The number of fused-ring (bicyclic) bond motifs is 5. The number of furan rings is 1. The zero-order valence-electron chi connectivity index (χ0n) is 45.9. The molecule has 0 saturated carbocycles. The van der Waals surface area contributed by atoms with Crippen LogP contribution in [0.15, 0.2) is 174 Å². The molecule has 0 amide bonds. The zero-order chi connectivity index (χ0) is 52.3. The summed E-state index contributed by atoms with van der Waals surface area (Å²) in [6, 6.07) is 64.7. The van der Waals surface area contributed by atoms with Crippen molar-refractivity contribution in [1.82, 2.24) is 14.5 Å². The second kappa shape index (κ2) is 20.9. The van der Waals surface area contributed by atoms with E-state index in [9.17, 15) is 0 Å². The zero-order valence-corrected chi connectivity index (χ0v) is 48.3. The van der Waals surface area contributed by atoms with Crippen LogP contribution in [0.25, 0.3) is 94.3 Å². The Labute approximate surface area is 454 Å². The molecule has 74 heavy (non-hydrogen) atoms. The van der Waals surface area contributed by atoms with Gasteiger partial charge in [-0.25, -0.2) is 0 Å². The molecule has 3 heterocycles. The molecule has 6 heteroatoms. The number of para-hydroxylation sites is 2. The summed E-state index contributed by atoms with van der Waals surface area (Å²) in [6.07, 6.45) is 2.00. The third-order valence-electron chi connectivity index (χ3n) is 14.2. The average Bonchev–Trinajstić information content (AvgIpc) is 3.98. The van der Waals surface area contributed by atoms with Gasteiger partial charge in [0.2, 0.25) is 0 Å². The largest absolute Gasteiger partial charge is 0.501 e. The molecule has 0 fully saturated rings. The van der Waals surface area contributed by atoms with E-state index >= 15 is 0 Å². The van der Waals surface area contributed by atoms with Crippen LogP contribution in [-0.4, -0.2) is 22.6 Å². The van der Waals surface area contributed by atoms with Gasteiger partial charge in [-0.05, 0) is 103 Å². The van der Waals surface area contributed by atoms with Crippen molar-refractivity contribution in [2.45, 2.75) is 105 Å². The Morgan fingerprint density at radius 2 is 1.22 bits per heavy atom. The van der Waals surface area contributed by atoms with Gasteiger partial charge in [0.25, 0.3) is 0 Å². The van der Waals surface area contributed by atoms with Crippen molar-refractivity contribution in [3.05, 3.63) is 204 Å². The van der Waals surface area contributed by atoms with Crippen LogP contribution in [0.2, 0.25) is 19.6 Å². The van der Waals surface area contributed by atoms with Gasteiger partial charge in [-0.15, -0.1) is 47.3 Å². The minimum Gasteiger partial charge on any atom is -0.501 e. The van der Waals surface area contributed by atoms with E-state index < -0.39 is 14.0 Å². The molecule has 4 nitrogen and oxygen atoms in total. The van der Waals surface area contributed by atoms with Crippen LogP contribution in [0, 0.1) is 12.1 Å². The van der Waals surface area contributed by atoms with E-state index in [1.807, 2.05) is 44.3 Å². The summed E-state index contributed by atoms with van der Waals surface area (Å²) in [6.45, 7) is 27.0. The Hall–Kier alpha value is -6.69. The van der Waals surface area contributed by atoms with Gasteiger partial charge in [0.05, 0.1) is 30.5 Å². The van der Waals surface area contributed by atoms with Gasteiger partial charge in [-0.3, -0.25) is 4.98 Å². The first-order valence-corrected chi connectivity index (χ1v) is 29.4. The summed E-state index contributed by atoms with van der Waals surface area (Å²) in [7, 11) is -1.56. The summed E-state index contributed by atoms with van der Waals surface area (Å²) in [4.78, 5) is 10.1. The molecule has 0 aliphatic rings. The summed E-state index contributed by atoms with van der Waals surface area (Å²) in [5.41, 5.74) is 17.6. The van der Waals surface area contributed by atoms with Crippen molar-refractivity contribution in [3.8, 4) is 50.6 Å². The second-order valence-corrected chi connectivity index (χ2v) is 27.5. The number of aromatic nitrogens is 3. The fraction of sp³-hybridized carbons (Fsp3) is 0.235. The Kier molecular flexibility index (Phi) is 14.4.